The molecule has 19 heavy (non-hydrogen) atoms. The van der Waals surface area contributed by atoms with Gasteiger partial charge in [-0.3, -0.25) is 0 Å². The molecule has 0 saturated heterocycles. The maximum atomic E-state index is 11.8. The van der Waals surface area contributed by atoms with E-state index in [9.17, 15) is 4.79 Å². The third-order valence-electron chi connectivity index (χ3n) is 3.30. The minimum atomic E-state index is -0.242. The maximum Gasteiger partial charge on any atom is 0.335 e. The Labute approximate surface area is 111 Å². The molecule has 0 aliphatic carbocycles. The van der Waals surface area contributed by atoms with Crippen LogP contribution in [0.15, 0.2) is 42.0 Å². The molecular weight excluding hydrogens is 238 g/mol. The minimum Gasteiger partial charge on any atom is -0.463 e. The summed E-state index contributed by atoms with van der Waals surface area (Å²) in [6.07, 6.45) is 1.94. The van der Waals surface area contributed by atoms with Crippen LogP contribution in [0.1, 0.15) is 12.5 Å². The molecule has 0 bridgehead atoms. The Morgan fingerprint density at radius 1 is 1.26 bits per heavy atom. The zero-order chi connectivity index (χ0) is 13.2. The van der Waals surface area contributed by atoms with Gasteiger partial charge in [-0.05, 0) is 29.8 Å². The van der Waals surface area contributed by atoms with Gasteiger partial charge in [0.1, 0.15) is 0 Å². The van der Waals surface area contributed by atoms with Crippen LogP contribution in [0.4, 0.5) is 5.69 Å². The van der Waals surface area contributed by atoms with E-state index in [-0.39, 0.29) is 5.97 Å². The number of carbonyl (C=O) groups is 1. The summed E-state index contributed by atoms with van der Waals surface area (Å²) in [5.41, 5.74) is 2.80. The lowest BCUT2D eigenvalue weighted by atomic mass is 9.97. The van der Waals surface area contributed by atoms with E-state index in [1.165, 1.54) is 5.39 Å². The van der Waals surface area contributed by atoms with Crippen molar-refractivity contribution in [1.82, 2.24) is 0 Å². The van der Waals surface area contributed by atoms with Crippen molar-refractivity contribution in [1.29, 1.82) is 0 Å². The van der Waals surface area contributed by atoms with Crippen molar-refractivity contribution in [2.45, 2.75) is 6.92 Å². The summed E-state index contributed by atoms with van der Waals surface area (Å²) < 4.78 is 5.06. The van der Waals surface area contributed by atoms with Crippen LogP contribution in [0.3, 0.4) is 0 Å². The fraction of sp³-hybridized carbons (Fsp3) is 0.188. The van der Waals surface area contributed by atoms with Gasteiger partial charge in [0.05, 0.1) is 12.2 Å². The normalized spacial score (nSPS) is 13.4. The van der Waals surface area contributed by atoms with Crippen LogP contribution in [0.2, 0.25) is 0 Å². The molecule has 0 saturated carbocycles. The molecule has 3 rings (SSSR count). The molecule has 0 amide bonds. The first-order valence-electron chi connectivity index (χ1n) is 6.43. The van der Waals surface area contributed by atoms with Gasteiger partial charge in [0.25, 0.3) is 0 Å². The molecule has 1 heterocycles. The Bertz CT molecular complexity index is 674. The Hall–Kier alpha value is -2.29. The van der Waals surface area contributed by atoms with E-state index < -0.39 is 0 Å². The van der Waals surface area contributed by atoms with Crippen molar-refractivity contribution in [2.75, 3.05) is 18.5 Å². The van der Waals surface area contributed by atoms with Crippen LogP contribution in [-0.2, 0) is 9.53 Å². The highest BCUT2D eigenvalue weighted by atomic mass is 16.5. The molecule has 0 unspecified atom stereocenters. The number of nitrogens with one attached hydrogen (secondary N) is 1. The van der Waals surface area contributed by atoms with Gasteiger partial charge >= 0.3 is 5.97 Å². The molecule has 0 spiro atoms. The average Bonchev–Trinajstić information content (AvgIpc) is 2.47. The molecule has 1 aliphatic rings. The van der Waals surface area contributed by atoms with Gasteiger partial charge in [-0.25, -0.2) is 4.79 Å². The molecule has 96 valence electrons. The van der Waals surface area contributed by atoms with Crippen LogP contribution in [-0.4, -0.2) is 19.1 Å². The number of anilines is 1. The van der Waals surface area contributed by atoms with E-state index in [0.717, 1.165) is 16.6 Å². The first kappa shape index (κ1) is 11.8. The predicted molar refractivity (Wildman–Crippen MR) is 77.0 cm³/mol. The van der Waals surface area contributed by atoms with E-state index in [0.29, 0.717) is 18.7 Å². The van der Waals surface area contributed by atoms with E-state index in [2.05, 4.69) is 29.6 Å². The molecule has 0 aromatic heterocycles. The number of hydrogen-bond acceptors (Lipinski definition) is 3. The van der Waals surface area contributed by atoms with Gasteiger partial charge < -0.3 is 10.1 Å². The number of hydrogen-bond donors (Lipinski definition) is 1. The third kappa shape index (κ3) is 2.08. The highest BCUT2D eigenvalue weighted by molar-refractivity contribution is 6.03. The summed E-state index contributed by atoms with van der Waals surface area (Å²) >= 11 is 0. The fourth-order valence-corrected chi connectivity index (χ4v) is 2.38. The lowest BCUT2D eigenvalue weighted by Crippen LogP contribution is -2.19. The number of benzene rings is 2. The molecule has 3 heteroatoms. The van der Waals surface area contributed by atoms with Crippen LogP contribution >= 0.6 is 0 Å². The van der Waals surface area contributed by atoms with E-state index in [4.69, 9.17) is 4.74 Å². The third-order valence-corrected chi connectivity index (χ3v) is 3.30. The minimum absolute atomic E-state index is 0.242. The second-order valence-corrected chi connectivity index (χ2v) is 4.49. The topological polar surface area (TPSA) is 38.3 Å². The number of carbonyl (C=O) groups excluding carboxylic acids is 1. The van der Waals surface area contributed by atoms with Crippen molar-refractivity contribution in [3.63, 3.8) is 0 Å². The summed E-state index contributed by atoms with van der Waals surface area (Å²) in [7, 11) is 0. The van der Waals surface area contributed by atoms with Crippen molar-refractivity contribution in [3.8, 4) is 0 Å². The van der Waals surface area contributed by atoms with Crippen LogP contribution < -0.4 is 5.32 Å². The van der Waals surface area contributed by atoms with Gasteiger partial charge in [0, 0.05) is 17.8 Å². The smallest absolute Gasteiger partial charge is 0.335 e. The van der Waals surface area contributed by atoms with Crippen molar-refractivity contribution in [2.24, 2.45) is 0 Å². The van der Waals surface area contributed by atoms with Crippen molar-refractivity contribution < 1.29 is 9.53 Å². The monoisotopic (exact) mass is 253 g/mol. The molecule has 0 fully saturated rings. The van der Waals surface area contributed by atoms with Gasteiger partial charge in [0.2, 0.25) is 0 Å². The summed E-state index contributed by atoms with van der Waals surface area (Å²) in [5.74, 6) is -0.242. The lowest BCUT2D eigenvalue weighted by molar-refractivity contribution is -0.138. The molecular formula is C16H15NO2. The molecule has 1 N–H and O–H groups in total. The lowest BCUT2D eigenvalue weighted by Gasteiger charge is -2.19. The molecule has 2 aromatic carbocycles. The van der Waals surface area contributed by atoms with Crippen molar-refractivity contribution >= 4 is 28.5 Å². The second-order valence-electron chi connectivity index (χ2n) is 4.49. The number of ether oxygens (including phenoxy) is 1. The molecule has 3 nitrogen and oxygen atoms in total. The van der Waals surface area contributed by atoms with E-state index >= 15 is 0 Å². The number of rotatable bonds is 2. The number of esters is 1. The number of fused-ring (bicyclic) bond motifs is 3. The first-order valence-corrected chi connectivity index (χ1v) is 6.43. The Morgan fingerprint density at radius 3 is 2.95 bits per heavy atom. The zero-order valence-corrected chi connectivity index (χ0v) is 10.8. The van der Waals surface area contributed by atoms with E-state index in [1.54, 1.807) is 0 Å². The van der Waals surface area contributed by atoms with E-state index in [1.807, 2.05) is 25.1 Å². The van der Waals surface area contributed by atoms with Crippen LogP contribution in [0.25, 0.3) is 16.8 Å². The van der Waals surface area contributed by atoms with Crippen molar-refractivity contribution in [3.05, 3.63) is 47.5 Å². The summed E-state index contributed by atoms with van der Waals surface area (Å²) in [6.45, 7) is 2.74. The van der Waals surface area contributed by atoms with Gasteiger partial charge in [-0.15, -0.1) is 0 Å². The molecule has 1 aliphatic heterocycles. The Balaban J connectivity index is 2.12. The largest absolute Gasteiger partial charge is 0.463 e. The quantitative estimate of drug-likeness (QED) is 0.835. The van der Waals surface area contributed by atoms with Crippen LogP contribution in [0, 0.1) is 0 Å². The second kappa shape index (κ2) is 4.76. The highest BCUT2D eigenvalue weighted by Crippen LogP contribution is 2.31. The summed E-state index contributed by atoms with van der Waals surface area (Å²) in [5, 5.41) is 5.59. The maximum absolute atomic E-state index is 11.8. The zero-order valence-electron chi connectivity index (χ0n) is 10.8. The average molecular weight is 253 g/mol. The Kier molecular flexibility index (Phi) is 2.95. The van der Waals surface area contributed by atoms with Crippen LogP contribution in [0.5, 0.6) is 0 Å². The highest BCUT2D eigenvalue weighted by Gasteiger charge is 2.17. The first-order chi connectivity index (χ1) is 9.29. The Morgan fingerprint density at radius 2 is 2.11 bits per heavy atom. The fourth-order valence-electron chi connectivity index (χ4n) is 2.38. The summed E-state index contributed by atoms with van der Waals surface area (Å²) in [6, 6.07) is 12.3. The summed E-state index contributed by atoms with van der Waals surface area (Å²) in [4.78, 5) is 11.8. The molecule has 0 atom stereocenters. The SMILES string of the molecule is CCOC(=O)C1=Cc2c(ccc3ccccc23)NC1. The van der Waals surface area contributed by atoms with Gasteiger partial charge in [0.15, 0.2) is 0 Å². The molecule has 0 radical (unpaired) electrons. The van der Waals surface area contributed by atoms with Gasteiger partial charge in [-0.2, -0.15) is 0 Å². The standard InChI is InChI=1S/C16H15NO2/c1-2-19-16(18)12-9-14-13-6-4-3-5-11(13)7-8-15(14)17-10-12/h3-9,17H,2,10H2,1H3. The molecule has 2 aromatic rings. The predicted octanol–water partition coefficient (Wildman–Crippen LogP) is 3.21. The van der Waals surface area contributed by atoms with Gasteiger partial charge in [-0.1, -0.05) is 30.3 Å².